The maximum Gasteiger partial charge on any atom is 0.339 e. The van der Waals surface area contributed by atoms with Crippen molar-refractivity contribution in [3.63, 3.8) is 0 Å². The number of ether oxygens (including phenoxy) is 1. The number of primary sulfonamides is 1. The maximum absolute atomic E-state index is 11.2. The number of hydrogen-bond donors (Lipinski definition) is 1. The average molecular weight is 294 g/mol. The van der Waals surface area contributed by atoms with Crippen molar-refractivity contribution in [2.75, 3.05) is 7.11 Å². The van der Waals surface area contributed by atoms with Gasteiger partial charge in [-0.15, -0.1) is 0 Å². The van der Waals surface area contributed by atoms with Gasteiger partial charge in [0.15, 0.2) is 0 Å². The lowest BCUT2D eigenvalue weighted by Gasteiger charge is -2.04. The summed E-state index contributed by atoms with van der Waals surface area (Å²) in [6, 6.07) is 3.82. The third-order valence-corrected chi connectivity index (χ3v) is 3.24. The molecule has 15 heavy (non-hydrogen) atoms. The predicted octanol–water partition coefficient (Wildman–Crippen LogP) is 0.883. The van der Waals surface area contributed by atoms with Gasteiger partial charge in [-0.25, -0.2) is 18.4 Å². The third kappa shape index (κ3) is 2.77. The Morgan fingerprint density at radius 2 is 2.07 bits per heavy atom. The van der Waals surface area contributed by atoms with Crippen LogP contribution in [0.25, 0.3) is 0 Å². The number of carbonyl (C=O) groups is 1. The lowest BCUT2D eigenvalue weighted by atomic mass is 10.2. The molecular formula is C8H8BrNO4S. The number of rotatable bonds is 2. The second kappa shape index (κ2) is 4.30. The van der Waals surface area contributed by atoms with Crippen LogP contribution >= 0.6 is 15.9 Å². The molecule has 0 radical (unpaired) electrons. The first-order valence-corrected chi connectivity index (χ1v) is 6.11. The normalized spacial score (nSPS) is 11.1. The van der Waals surface area contributed by atoms with E-state index >= 15 is 0 Å². The minimum Gasteiger partial charge on any atom is -0.465 e. The molecule has 0 heterocycles. The van der Waals surface area contributed by atoms with Crippen LogP contribution in [0, 0.1) is 0 Å². The van der Waals surface area contributed by atoms with Crippen LogP contribution in [0.4, 0.5) is 0 Å². The fraction of sp³-hybridized carbons (Fsp3) is 0.125. The zero-order chi connectivity index (χ0) is 11.6. The van der Waals surface area contributed by atoms with Gasteiger partial charge in [0, 0.05) is 4.47 Å². The first-order chi connectivity index (χ1) is 6.86. The molecule has 0 aliphatic carbocycles. The molecule has 0 atom stereocenters. The SMILES string of the molecule is COC(=O)c1ccc(S(N)(=O)=O)cc1Br. The lowest BCUT2D eigenvalue weighted by molar-refractivity contribution is 0.0599. The molecule has 0 fully saturated rings. The number of esters is 1. The highest BCUT2D eigenvalue weighted by Gasteiger charge is 2.14. The van der Waals surface area contributed by atoms with Crippen LogP contribution in [0.15, 0.2) is 27.6 Å². The summed E-state index contributed by atoms with van der Waals surface area (Å²) >= 11 is 3.06. The maximum atomic E-state index is 11.2. The zero-order valence-electron chi connectivity index (χ0n) is 7.73. The fourth-order valence-corrected chi connectivity index (χ4v) is 2.18. The Balaban J connectivity index is 3.27. The van der Waals surface area contributed by atoms with E-state index in [-0.39, 0.29) is 10.5 Å². The number of hydrogen-bond acceptors (Lipinski definition) is 4. The van der Waals surface area contributed by atoms with Crippen molar-refractivity contribution in [2.24, 2.45) is 5.14 Å². The molecule has 0 aliphatic heterocycles. The number of carbonyl (C=O) groups excluding carboxylic acids is 1. The van der Waals surface area contributed by atoms with Crippen LogP contribution in [-0.4, -0.2) is 21.5 Å². The van der Waals surface area contributed by atoms with Crippen LogP contribution in [0.1, 0.15) is 10.4 Å². The standard InChI is InChI=1S/C8H8BrNO4S/c1-14-8(11)6-3-2-5(4-7(6)9)15(10,12)13/h2-4H,1H3,(H2,10,12,13). The summed E-state index contributed by atoms with van der Waals surface area (Å²) in [6.07, 6.45) is 0. The molecule has 1 aromatic rings. The molecule has 0 saturated heterocycles. The molecule has 0 amide bonds. The molecule has 0 spiro atoms. The van der Waals surface area contributed by atoms with Gasteiger partial charge in [0.05, 0.1) is 17.6 Å². The number of sulfonamides is 1. The summed E-state index contributed by atoms with van der Waals surface area (Å²) in [5.41, 5.74) is 0.241. The van der Waals surface area contributed by atoms with Gasteiger partial charge < -0.3 is 4.74 Å². The second-order valence-electron chi connectivity index (χ2n) is 2.68. The van der Waals surface area contributed by atoms with Crippen LogP contribution in [0.5, 0.6) is 0 Å². The summed E-state index contributed by atoms with van der Waals surface area (Å²) in [5.74, 6) is -0.553. The minimum atomic E-state index is -3.76. The van der Waals surface area contributed by atoms with Gasteiger partial charge in [0.1, 0.15) is 0 Å². The smallest absolute Gasteiger partial charge is 0.339 e. The first-order valence-electron chi connectivity index (χ1n) is 3.77. The van der Waals surface area contributed by atoms with Gasteiger partial charge >= 0.3 is 5.97 Å². The van der Waals surface area contributed by atoms with Gasteiger partial charge in [0.25, 0.3) is 0 Å². The van der Waals surface area contributed by atoms with Crippen molar-refractivity contribution in [2.45, 2.75) is 4.90 Å². The molecule has 1 rings (SSSR count). The average Bonchev–Trinajstić information content (AvgIpc) is 2.15. The van der Waals surface area contributed by atoms with E-state index in [0.29, 0.717) is 4.47 Å². The highest BCUT2D eigenvalue weighted by atomic mass is 79.9. The van der Waals surface area contributed by atoms with Gasteiger partial charge in [0.2, 0.25) is 10.0 Å². The van der Waals surface area contributed by atoms with Gasteiger partial charge in [-0.05, 0) is 34.1 Å². The van der Waals surface area contributed by atoms with E-state index in [1.165, 1.54) is 25.3 Å². The molecule has 0 bridgehead atoms. The molecule has 0 unspecified atom stereocenters. The molecule has 0 aliphatic rings. The lowest BCUT2D eigenvalue weighted by Crippen LogP contribution is -2.13. The Bertz CT molecular complexity index is 497. The Labute approximate surface area is 95.4 Å². The molecule has 7 heteroatoms. The Morgan fingerprint density at radius 3 is 2.47 bits per heavy atom. The highest BCUT2D eigenvalue weighted by molar-refractivity contribution is 9.10. The fourth-order valence-electron chi connectivity index (χ4n) is 0.948. The van der Waals surface area contributed by atoms with Crippen molar-refractivity contribution in [3.8, 4) is 0 Å². The Morgan fingerprint density at radius 1 is 1.47 bits per heavy atom. The molecular weight excluding hydrogens is 286 g/mol. The van der Waals surface area contributed by atoms with E-state index < -0.39 is 16.0 Å². The molecule has 0 aromatic heterocycles. The monoisotopic (exact) mass is 293 g/mol. The van der Waals surface area contributed by atoms with E-state index in [1.807, 2.05) is 0 Å². The summed E-state index contributed by atoms with van der Waals surface area (Å²) in [6.45, 7) is 0. The van der Waals surface area contributed by atoms with Gasteiger partial charge in [-0.1, -0.05) is 0 Å². The Hall–Kier alpha value is -0.920. The second-order valence-corrected chi connectivity index (χ2v) is 5.09. The third-order valence-electron chi connectivity index (χ3n) is 1.67. The van der Waals surface area contributed by atoms with Gasteiger partial charge in [-0.2, -0.15) is 0 Å². The molecule has 2 N–H and O–H groups in total. The van der Waals surface area contributed by atoms with E-state index in [1.54, 1.807) is 0 Å². The topological polar surface area (TPSA) is 86.5 Å². The summed E-state index contributed by atoms with van der Waals surface area (Å²) in [4.78, 5) is 11.1. The zero-order valence-corrected chi connectivity index (χ0v) is 10.1. The van der Waals surface area contributed by atoms with Crippen molar-refractivity contribution in [1.29, 1.82) is 0 Å². The van der Waals surface area contributed by atoms with Crippen LogP contribution < -0.4 is 5.14 Å². The van der Waals surface area contributed by atoms with Crippen LogP contribution in [-0.2, 0) is 14.8 Å². The molecule has 1 aromatic carbocycles. The van der Waals surface area contributed by atoms with E-state index in [4.69, 9.17) is 5.14 Å². The van der Waals surface area contributed by atoms with E-state index in [9.17, 15) is 13.2 Å². The van der Waals surface area contributed by atoms with Crippen LogP contribution in [0.2, 0.25) is 0 Å². The summed E-state index contributed by atoms with van der Waals surface area (Å²) < 4.78 is 26.8. The summed E-state index contributed by atoms with van der Waals surface area (Å²) in [5, 5.41) is 4.92. The summed E-state index contributed by atoms with van der Waals surface area (Å²) in [7, 11) is -2.52. The number of methoxy groups -OCH3 is 1. The minimum absolute atomic E-state index is 0.0676. The Kier molecular flexibility index (Phi) is 3.48. The van der Waals surface area contributed by atoms with Crippen LogP contribution in [0.3, 0.4) is 0 Å². The highest BCUT2D eigenvalue weighted by Crippen LogP contribution is 2.21. The molecule has 82 valence electrons. The molecule has 5 nitrogen and oxygen atoms in total. The van der Waals surface area contributed by atoms with Crippen molar-refractivity contribution >= 4 is 31.9 Å². The number of nitrogens with two attached hydrogens (primary N) is 1. The first kappa shape index (κ1) is 12.2. The van der Waals surface area contributed by atoms with Crippen molar-refractivity contribution < 1.29 is 17.9 Å². The molecule has 0 saturated carbocycles. The van der Waals surface area contributed by atoms with Gasteiger partial charge in [-0.3, -0.25) is 0 Å². The largest absolute Gasteiger partial charge is 0.465 e. The van der Waals surface area contributed by atoms with E-state index in [0.717, 1.165) is 0 Å². The number of halogens is 1. The van der Waals surface area contributed by atoms with E-state index in [2.05, 4.69) is 20.7 Å². The number of benzene rings is 1. The predicted molar refractivity (Wildman–Crippen MR) is 56.9 cm³/mol. The quantitative estimate of drug-likeness (QED) is 0.820. The van der Waals surface area contributed by atoms with Crippen molar-refractivity contribution in [1.82, 2.24) is 0 Å². The van der Waals surface area contributed by atoms with Crippen molar-refractivity contribution in [3.05, 3.63) is 28.2 Å².